The molecule has 1 aliphatic rings. The molecule has 1 unspecified atom stereocenters. The standard InChI is InChI=1S/C16H21N3O4S2/c1-11-8-14(23-18-11)9-17-16(20)13-4-3-7-19(10-13)25(21,22)15-6-5-12(2)24-15/h5-6,8,13H,3-4,7,9-10H2,1-2H3,(H,17,20). The third kappa shape index (κ3) is 4.10. The number of rotatable bonds is 5. The lowest BCUT2D eigenvalue weighted by atomic mass is 9.99. The predicted molar refractivity (Wildman–Crippen MR) is 93.6 cm³/mol. The fourth-order valence-electron chi connectivity index (χ4n) is 2.87. The lowest BCUT2D eigenvalue weighted by molar-refractivity contribution is -0.126. The highest BCUT2D eigenvalue weighted by atomic mass is 32.2. The average molecular weight is 383 g/mol. The monoisotopic (exact) mass is 383 g/mol. The van der Waals surface area contributed by atoms with Crippen LogP contribution in [0.4, 0.5) is 0 Å². The van der Waals surface area contributed by atoms with E-state index < -0.39 is 10.0 Å². The molecule has 136 valence electrons. The molecule has 3 heterocycles. The summed E-state index contributed by atoms with van der Waals surface area (Å²) < 4.78 is 32.3. The van der Waals surface area contributed by atoms with Crippen LogP contribution >= 0.6 is 11.3 Å². The number of aromatic nitrogens is 1. The van der Waals surface area contributed by atoms with E-state index >= 15 is 0 Å². The second-order valence-corrected chi connectivity index (χ2v) is 9.67. The molecule has 1 aliphatic heterocycles. The summed E-state index contributed by atoms with van der Waals surface area (Å²) in [6, 6.07) is 5.19. The smallest absolute Gasteiger partial charge is 0.252 e. The van der Waals surface area contributed by atoms with Gasteiger partial charge in [-0.1, -0.05) is 5.16 Å². The minimum absolute atomic E-state index is 0.156. The average Bonchev–Trinajstić information content (AvgIpc) is 3.21. The van der Waals surface area contributed by atoms with E-state index in [0.717, 1.165) is 10.6 Å². The topological polar surface area (TPSA) is 92.5 Å². The first-order valence-electron chi connectivity index (χ1n) is 8.13. The molecule has 1 saturated heterocycles. The number of thiophene rings is 1. The number of aryl methyl sites for hydroxylation is 2. The van der Waals surface area contributed by atoms with Crippen LogP contribution in [0, 0.1) is 19.8 Å². The molecule has 0 aliphatic carbocycles. The molecular formula is C16H21N3O4S2. The molecular weight excluding hydrogens is 362 g/mol. The van der Waals surface area contributed by atoms with Gasteiger partial charge < -0.3 is 9.84 Å². The largest absolute Gasteiger partial charge is 0.359 e. The molecule has 1 fully saturated rings. The quantitative estimate of drug-likeness (QED) is 0.853. The van der Waals surface area contributed by atoms with Gasteiger partial charge in [0.05, 0.1) is 18.2 Å². The highest BCUT2D eigenvalue weighted by molar-refractivity contribution is 7.91. The maximum Gasteiger partial charge on any atom is 0.252 e. The van der Waals surface area contributed by atoms with Crippen LogP contribution < -0.4 is 5.32 Å². The molecule has 0 bridgehead atoms. The molecule has 0 aromatic carbocycles. The van der Waals surface area contributed by atoms with Gasteiger partial charge in [0.2, 0.25) is 5.91 Å². The van der Waals surface area contributed by atoms with Crippen molar-refractivity contribution in [3.63, 3.8) is 0 Å². The highest BCUT2D eigenvalue weighted by Gasteiger charge is 2.34. The van der Waals surface area contributed by atoms with Gasteiger partial charge in [-0.2, -0.15) is 4.31 Å². The van der Waals surface area contributed by atoms with Crippen LogP contribution in [-0.2, 0) is 21.4 Å². The van der Waals surface area contributed by atoms with Gasteiger partial charge in [-0.15, -0.1) is 11.3 Å². The number of hydrogen-bond acceptors (Lipinski definition) is 6. The number of sulfonamides is 1. The molecule has 3 rings (SSSR count). The van der Waals surface area contributed by atoms with Crippen molar-refractivity contribution in [1.82, 2.24) is 14.8 Å². The van der Waals surface area contributed by atoms with Gasteiger partial charge in [0.15, 0.2) is 5.76 Å². The summed E-state index contributed by atoms with van der Waals surface area (Å²) in [6.07, 6.45) is 1.35. The van der Waals surface area contributed by atoms with E-state index in [2.05, 4.69) is 10.5 Å². The lowest BCUT2D eigenvalue weighted by Gasteiger charge is -2.30. The van der Waals surface area contributed by atoms with Crippen LogP contribution in [0.1, 0.15) is 29.2 Å². The Morgan fingerprint density at radius 1 is 1.44 bits per heavy atom. The minimum atomic E-state index is -3.53. The van der Waals surface area contributed by atoms with Crippen LogP contribution in [0.3, 0.4) is 0 Å². The van der Waals surface area contributed by atoms with Crippen molar-refractivity contribution < 1.29 is 17.7 Å². The van der Waals surface area contributed by atoms with Crippen molar-refractivity contribution in [3.05, 3.63) is 34.5 Å². The second-order valence-electron chi connectivity index (χ2n) is 6.22. The molecule has 25 heavy (non-hydrogen) atoms. The summed E-state index contributed by atoms with van der Waals surface area (Å²) in [4.78, 5) is 13.4. The van der Waals surface area contributed by atoms with Gasteiger partial charge in [-0.25, -0.2) is 8.42 Å². The molecule has 1 amide bonds. The summed E-state index contributed by atoms with van der Waals surface area (Å²) in [5.74, 6) is 0.0742. The Morgan fingerprint density at radius 3 is 2.88 bits per heavy atom. The number of hydrogen-bond donors (Lipinski definition) is 1. The van der Waals surface area contributed by atoms with Crippen molar-refractivity contribution in [2.45, 2.75) is 37.4 Å². The summed E-state index contributed by atoms with van der Waals surface area (Å²) in [6.45, 7) is 4.60. The summed E-state index contributed by atoms with van der Waals surface area (Å²) in [7, 11) is -3.53. The van der Waals surface area contributed by atoms with E-state index in [-0.39, 0.29) is 24.9 Å². The Labute approximate surface area is 151 Å². The third-order valence-electron chi connectivity index (χ3n) is 4.18. The van der Waals surface area contributed by atoms with Crippen LogP contribution in [0.2, 0.25) is 0 Å². The van der Waals surface area contributed by atoms with Crippen molar-refractivity contribution in [1.29, 1.82) is 0 Å². The predicted octanol–water partition coefficient (Wildman–Crippen LogP) is 2.07. The van der Waals surface area contributed by atoms with Crippen molar-refractivity contribution >= 4 is 27.3 Å². The van der Waals surface area contributed by atoms with Crippen LogP contribution in [-0.4, -0.2) is 36.9 Å². The van der Waals surface area contributed by atoms with E-state index in [0.29, 0.717) is 29.4 Å². The first-order valence-corrected chi connectivity index (χ1v) is 10.4. The molecule has 0 saturated carbocycles. The molecule has 9 heteroatoms. The fraction of sp³-hybridized carbons (Fsp3) is 0.500. The van der Waals surface area contributed by atoms with Gasteiger partial charge in [0.25, 0.3) is 10.0 Å². The van der Waals surface area contributed by atoms with Gasteiger partial charge in [0.1, 0.15) is 4.21 Å². The van der Waals surface area contributed by atoms with Gasteiger partial charge in [0, 0.05) is 24.0 Å². The first-order chi connectivity index (χ1) is 11.9. The van der Waals surface area contributed by atoms with E-state index in [1.165, 1.54) is 15.6 Å². The normalized spacial score (nSPS) is 19.0. The Morgan fingerprint density at radius 2 is 2.24 bits per heavy atom. The molecule has 0 radical (unpaired) electrons. The maximum atomic E-state index is 12.7. The van der Waals surface area contributed by atoms with Crippen LogP contribution in [0.15, 0.2) is 26.9 Å². The molecule has 0 spiro atoms. The molecule has 7 nitrogen and oxygen atoms in total. The minimum Gasteiger partial charge on any atom is -0.359 e. The Balaban J connectivity index is 1.63. The molecule has 2 aromatic rings. The number of carbonyl (C=O) groups excluding carboxylic acids is 1. The third-order valence-corrected chi connectivity index (χ3v) is 7.51. The summed E-state index contributed by atoms with van der Waals surface area (Å²) in [5.41, 5.74) is 0.755. The lowest BCUT2D eigenvalue weighted by Crippen LogP contribution is -2.45. The van der Waals surface area contributed by atoms with Crippen molar-refractivity contribution in [2.24, 2.45) is 5.92 Å². The Hall–Kier alpha value is -1.71. The number of amides is 1. The number of carbonyl (C=O) groups is 1. The van der Waals surface area contributed by atoms with Crippen molar-refractivity contribution in [2.75, 3.05) is 13.1 Å². The molecule has 1 N–H and O–H groups in total. The maximum absolute atomic E-state index is 12.7. The zero-order valence-electron chi connectivity index (χ0n) is 14.2. The van der Waals surface area contributed by atoms with Crippen LogP contribution in [0.25, 0.3) is 0 Å². The van der Waals surface area contributed by atoms with Crippen molar-refractivity contribution in [3.8, 4) is 0 Å². The Bertz CT molecular complexity index is 856. The van der Waals surface area contributed by atoms with Crippen LogP contribution in [0.5, 0.6) is 0 Å². The number of nitrogens with one attached hydrogen (secondary N) is 1. The zero-order valence-corrected chi connectivity index (χ0v) is 15.8. The summed E-state index contributed by atoms with van der Waals surface area (Å²) >= 11 is 1.26. The Kier molecular flexibility index (Phi) is 5.26. The van der Waals surface area contributed by atoms with E-state index in [9.17, 15) is 13.2 Å². The second kappa shape index (κ2) is 7.27. The first kappa shape index (κ1) is 18.1. The van der Waals surface area contributed by atoms with Gasteiger partial charge in [-0.3, -0.25) is 4.79 Å². The van der Waals surface area contributed by atoms with Gasteiger partial charge in [-0.05, 0) is 38.8 Å². The van der Waals surface area contributed by atoms with E-state index in [4.69, 9.17) is 4.52 Å². The van der Waals surface area contributed by atoms with Gasteiger partial charge >= 0.3 is 0 Å². The molecule has 1 atom stereocenters. The number of nitrogens with zero attached hydrogens (tertiary/aromatic N) is 2. The number of piperidine rings is 1. The van der Waals surface area contributed by atoms with E-state index in [1.807, 2.05) is 13.8 Å². The summed E-state index contributed by atoms with van der Waals surface area (Å²) in [5, 5.41) is 6.58. The highest BCUT2D eigenvalue weighted by Crippen LogP contribution is 2.28. The fourth-order valence-corrected chi connectivity index (χ4v) is 5.83. The van der Waals surface area contributed by atoms with E-state index in [1.54, 1.807) is 18.2 Å². The SMILES string of the molecule is Cc1cc(CNC(=O)C2CCCN(S(=O)(=O)c3ccc(C)s3)C2)on1. The zero-order chi connectivity index (χ0) is 18.0. The molecule has 2 aromatic heterocycles.